The summed E-state index contributed by atoms with van der Waals surface area (Å²) in [6, 6.07) is 13.0. The predicted molar refractivity (Wildman–Crippen MR) is 128 cm³/mol. The second-order valence-electron chi connectivity index (χ2n) is 8.55. The third-order valence-corrected chi connectivity index (χ3v) is 4.98. The number of halogens is 1. The van der Waals surface area contributed by atoms with Crippen molar-refractivity contribution in [1.29, 1.82) is 0 Å². The molecule has 0 fully saturated rings. The number of nitrogens with zero attached hydrogens (tertiary/aromatic N) is 1. The summed E-state index contributed by atoms with van der Waals surface area (Å²) in [5, 5.41) is 2.73. The highest BCUT2D eigenvalue weighted by molar-refractivity contribution is 9.10. The molecule has 0 bridgehead atoms. The van der Waals surface area contributed by atoms with Crippen molar-refractivity contribution < 1.29 is 23.8 Å². The quantitative estimate of drug-likeness (QED) is 0.485. The topological polar surface area (TPSA) is 77.1 Å². The first-order chi connectivity index (χ1) is 15.0. The van der Waals surface area contributed by atoms with Gasteiger partial charge in [-0.2, -0.15) is 0 Å². The number of anilines is 1. The summed E-state index contributed by atoms with van der Waals surface area (Å²) in [6.45, 7) is 7.98. The van der Waals surface area contributed by atoms with E-state index in [2.05, 4.69) is 21.2 Å². The third-order valence-electron chi connectivity index (χ3n) is 4.49. The SMILES string of the molecule is COc1cc(Br)ccc1[C@@H](C)COC(=O)Nc1cccc(CN(C)C(=O)OC(C)(C)C)c1. The maximum Gasteiger partial charge on any atom is 0.411 e. The number of hydrogen-bond donors (Lipinski definition) is 1. The fraction of sp³-hybridized carbons (Fsp3) is 0.417. The standard InChI is InChI=1S/C24H31BrN2O5/c1-16(20-11-10-18(25)13-21(20)30-6)15-31-22(28)26-19-9-7-8-17(12-19)14-27(5)23(29)32-24(2,3)4/h7-13,16H,14-15H2,1-6H3,(H,26,28)/t16-/m0/s1. The molecule has 0 heterocycles. The molecule has 2 aromatic carbocycles. The molecule has 0 radical (unpaired) electrons. The first-order valence-corrected chi connectivity index (χ1v) is 11.1. The average Bonchev–Trinajstić information content (AvgIpc) is 2.70. The van der Waals surface area contributed by atoms with E-state index in [-0.39, 0.29) is 12.5 Å². The van der Waals surface area contributed by atoms with Gasteiger partial charge in [-0.1, -0.05) is 41.1 Å². The van der Waals surface area contributed by atoms with E-state index < -0.39 is 17.8 Å². The Kier molecular flexibility index (Phi) is 8.95. The number of hydrogen-bond acceptors (Lipinski definition) is 5. The van der Waals surface area contributed by atoms with Gasteiger partial charge in [0.2, 0.25) is 0 Å². The van der Waals surface area contributed by atoms with Crippen LogP contribution in [0.4, 0.5) is 15.3 Å². The van der Waals surface area contributed by atoms with Gasteiger partial charge in [-0.25, -0.2) is 9.59 Å². The molecule has 8 heteroatoms. The minimum absolute atomic E-state index is 0.0439. The number of rotatable bonds is 7. The smallest absolute Gasteiger partial charge is 0.411 e. The third kappa shape index (κ3) is 8.07. The first-order valence-electron chi connectivity index (χ1n) is 10.3. The van der Waals surface area contributed by atoms with E-state index in [0.29, 0.717) is 12.2 Å². The molecule has 2 rings (SSSR count). The molecule has 0 unspecified atom stereocenters. The Morgan fingerprint density at radius 1 is 1.16 bits per heavy atom. The zero-order valence-corrected chi connectivity index (χ0v) is 21.0. The lowest BCUT2D eigenvalue weighted by Crippen LogP contribution is -2.33. The van der Waals surface area contributed by atoms with Crippen molar-refractivity contribution in [2.24, 2.45) is 0 Å². The van der Waals surface area contributed by atoms with Crippen LogP contribution in [0.3, 0.4) is 0 Å². The number of nitrogens with one attached hydrogen (secondary N) is 1. The molecule has 0 spiro atoms. The molecule has 174 valence electrons. The second kappa shape index (κ2) is 11.2. The lowest BCUT2D eigenvalue weighted by atomic mass is 10.0. The van der Waals surface area contributed by atoms with Gasteiger partial charge in [0.05, 0.1) is 13.7 Å². The van der Waals surface area contributed by atoms with Gasteiger partial charge in [0.25, 0.3) is 0 Å². The number of carbonyl (C=O) groups is 2. The molecular weight excluding hydrogens is 476 g/mol. The van der Waals surface area contributed by atoms with Gasteiger partial charge in [0.1, 0.15) is 11.4 Å². The van der Waals surface area contributed by atoms with E-state index in [0.717, 1.165) is 21.3 Å². The summed E-state index contributed by atoms with van der Waals surface area (Å²) in [5.41, 5.74) is 1.83. The van der Waals surface area contributed by atoms with E-state index in [1.165, 1.54) is 4.90 Å². The van der Waals surface area contributed by atoms with Crippen molar-refractivity contribution in [2.75, 3.05) is 26.1 Å². The molecule has 2 aromatic rings. The van der Waals surface area contributed by atoms with Crippen LogP contribution in [0.1, 0.15) is 44.7 Å². The molecular formula is C24H31BrN2O5. The molecule has 32 heavy (non-hydrogen) atoms. The number of amides is 2. The minimum Gasteiger partial charge on any atom is -0.496 e. The molecule has 0 saturated carbocycles. The molecule has 0 aliphatic heterocycles. The van der Waals surface area contributed by atoms with Crippen LogP contribution in [0.2, 0.25) is 0 Å². The highest BCUT2D eigenvalue weighted by Gasteiger charge is 2.20. The van der Waals surface area contributed by atoms with Crippen LogP contribution in [0.15, 0.2) is 46.9 Å². The zero-order valence-electron chi connectivity index (χ0n) is 19.4. The Morgan fingerprint density at radius 2 is 1.88 bits per heavy atom. The van der Waals surface area contributed by atoms with Gasteiger partial charge < -0.3 is 19.1 Å². The van der Waals surface area contributed by atoms with Crippen molar-refractivity contribution in [2.45, 2.75) is 45.8 Å². The van der Waals surface area contributed by atoms with Crippen molar-refractivity contribution in [3.8, 4) is 5.75 Å². The lowest BCUT2D eigenvalue weighted by molar-refractivity contribution is 0.0285. The Hall–Kier alpha value is -2.74. The predicted octanol–water partition coefficient (Wildman–Crippen LogP) is 6.18. The summed E-state index contributed by atoms with van der Waals surface area (Å²) < 4.78 is 17.1. The van der Waals surface area contributed by atoms with Crippen LogP contribution in [-0.4, -0.2) is 43.5 Å². The molecule has 0 aliphatic carbocycles. The van der Waals surface area contributed by atoms with Gasteiger partial charge in [-0.05, 0) is 50.6 Å². The molecule has 0 aromatic heterocycles. The van der Waals surface area contributed by atoms with E-state index in [1.54, 1.807) is 26.3 Å². The van der Waals surface area contributed by atoms with Crippen LogP contribution >= 0.6 is 15.9 Å². The van der Waals surface area contributed by atoms with Crippen LogP contribution < -0.4 is 10.1 Å². The van der Waals surface area contributed by atoms with Crippen molar-refractivity contribution in [3.05, 3.63) is 58.1 Å². The highest BCUT2D eigenvalue weighted by Crippen LogP contribution is 2.30. The number of carbonyl (C=O) groups excluding carboxylic acids is 2. The van der Waals surface area contributed by atoms with Crippen LogP contribution in [0.5, 0.6) is 5.75 Å². The number of methoxy groups -OCH3 is 1. The highest BCUT2D eigenvalue weighted by atomic mass is 79.9. The second-order valence-corrected chi connectivity index (χ2v) is 9.46. The van der Waals surface area contributed by atoms with E-state index in [1.807, 2.05) is 58.0 Å². The first kappa shape index (κ1) is 25.5. The van der Waals surface area contributed by atoms with Gasteiger partial charge in [-0.15, -0.1) is 0 Å². The average molecular weight is 507 g/mol. The summed E-state index contributed by atoms with van der Waals surface area (Å²) >= 11 is 3.42. The van der Waals surface area contributed by atoms with E-state index in [4.69, 9.17) is 14.2 Å². The zero-order chi connectivity index (χ0) is 23.9. The van der Waals surface area contributed by atoms with Gasteiger partial charge in [0, 0.05) is 35.2 Å². The van der Waals surface area contributed by atoms with Gasteiger partial charge >= 0.3 is 12.2 Å². The minimum atomic E-state index is -0.560. The van der Waals surface area contributed by atoms with Crippen molar-refractivity contribution in [1.82, 2.24) is 4.90 Å². The molecule has 7 nitrogen and oxygen atoms in total. The fourth-order valence-electron chi connectivity index (χ4n) is 2.96. The molecule has 2 amide bonds. The fourth-order valence-corrected chi connectivity index (χ4v) is 3.30. The Bertz CT molecular complexity index is 942. The molecule has 0 saturated heterocycles. The lowest BCUT2D eigenvalue weighted by Gasteiger charge is -2.24. The van der Waals surface area contributed by atoms with Crippen LogP contribution in [0, 0.1) is 0 Å². The van der Waals surface area contributed by atoms with Crippen molar-refractivity contribution >= 4 is 33.8 Å². The van der Waals surface area contributed by atoms with Crippen molar-refractivity contribution in [3.63, 3.8) is 0 Å². The summed E-state index contributed by atoms with van der Waals surface area (Å²) in [4.78, 5) is 25.9. The summed E-state index contributed by atoms with van der Waals surface area (Å²) in [6.07, 6.45) is -0.960. The number of ether oxygens (including phenoxy) is 3. The largest absolute Gasteiger partial charge is 0.496 e. The normalized spacial score (nSPS) is 12.0. The number of benzene rings is 2. The monoisotopic (exact) mass is 506 g/mol. The molecule has 1 atom stereocenters. The van der Waals surface area contributed by atoms with Crippen LogP contribution in [-0.2, 0) is 16.0 Å². The Balaban J connectivity index is 1.92. The molecule has 0 aliphatic rings. The van der Waals surface area contributed by atoms with Gasteiger partial charge in [0.15, 0.2) is 0 Å². The molecule has 1 N–H and O–H groups in total. The van der Waals surface area contributed by atoms with E-state index in [9.17, 15) is 9.59 Å². The summed E-state index contributed by atoms with van der Waals surface area (Å²) in [7, 11) is 3.28. The van der Waals surface area contributed by atoms with E-state index >= 15 is 0 Å². The van der Waals surface area contributed by atoms with Gasteiger partial charge in [-0.3, -0.25) is 5.32 Å². The van der Waals surface area contributed by atoms with Crippen LogP contribution in [0.25, 0.3) is 0 Å². The Morgan fingerprint density at radius 3 is 2.53 bits per heavy atom. The maximum atomic E-state index is 12.3. The summed E-state index contributed by atoms with van der Waals surface area (Å²) in [5.74, 6) is 0.690. The maximum absolute atomic E-state index is 12.3. The Labute approximate surface area is 198 Å².